The minimum absolute atomic E-state index is 0.109. The molecule has 1 aliphatic heterocycles. The number of benzene rings is 1. The zero-order valence-corrected chi connectivity index (χ0v) is 12.8. The Balaban J connectivity index is 1.81. The fourth-order valence-electron chi connectivity index (χ4n) is 2.41. The summed E-state index contributed by atoms with van der Waals surface area (Å²) in [5.74, 6) is 0.646. The largest absolute Gasteiger partial charge is 0.497 e. The molecule has 3 rings (SSSR count). The Hall–Kier alpha value is -2.41. The van der Waals surface area contributed by atoms with E-state index in [0.29, 0.717) is 18.8 Å². The van der Waals surface area contributed by atoms with Gasteiger partial charge in [0.05, 0.1) is 26.0 Å². The summed E-state index contributed by atoms with van der Waals surface area (Å²) in [5.41, 5.74) is 2.13. The quantitative estimate of drug-likeness (QED) is 0.853. The van der Waals surface area contributed by atoms with E-state index in [1.807, 2.05) is 24.3 Å². The maximum absolute atomic E-state index is 12.0. The Morgan fingerprint density at radius 2 is 2.09 bits per heavy atom. The summed E-state index contributed by atoms with van der Waals surface area (Å²) in [4.78, 5) is 13.5. The predicted molar refractivity (Wildman–Crippen MR) is 78.6 cm³/mol. The molecule has 1 amide bonds. The molecule has 0 spiro atoms. The standard InChI is InChI=1S/C15H18N4O3/c1-18(2)15(20)14-12-9-22-13(8-19(12)17-16-14)10-4-6-11(21-3)7-5-10/h4-7,13H,8-9H2,1-3H3. The molecule has 116 valence electrons. The van der Waals surface area contributed by atoms with Gasteiger partial charge in [-0.1, -0.05) is 17.3 Å². The van der Waals surface area contributed by atoms with E-state index in [2.05, 4.69) is 10.3 Å². The molecular weight excluding hydrogens is 284 g/mol. The van der Waals surface area contributed by atoms with Gasteiger partial charge in [0.1, 0.15) is 11.9 Å². The second-order valence-corrected chi connectivity index (χ2v) is 5.34. The summed E-state index contributed by atoms with van der Waals surface area (Å²) in [7, 11) is 5.02. The number of rotatable bonds is 3. The first kappa shape index (κ1) is 14.5. The normalized spacial score (nSPS) is 17.0. The molecule has 1 unspecified atom stereocenters. The van der Waals surface area contributed by atoms with Gasteiger partial charge in [-0.2, -0.15) is 0 Å². The zero-order valence-electron chi connectivity index (χ0n) is 12.8. The minimum Gasteiger partial charge on any atom is -0.497 e. The van der Waals surface area contributed by atoms with Crippen molar-refractivity contribution in [1.29, 1.82) is 0 Å². The molecule has 0 saturated carbocycles. The summed E-state index contributed by atoms with van der Waals surface area (Å²) in [5, 5.41) is 8.08. The molecule has 1 atom stereocenters. The van der Waals surface area contributed by atoms with Crippen LogP contribution in [0.2, 0.25) is 0 Å². The second-order valence-electron chi connectivity index (χ2n) is 5.34. The molecular formula is C15H18N4O3. The smallest absolute Gasteiger partial charge is 0.275 e. The maximum atomic E-state index is 12.0. The van der Waals surface area contributed by atoms with Crippen LogP contribution in [0, 0.1) is 0 Å². The van der Waals surface area contributed by atoms with Crippen molar-refractivity contribution in [3.63, 3.8) is 0 Å². The summed E-state index contributed by atoms with van der Waals surface area (Å²) >= 11 is 0. The number of fused-ring (bicyclic) bond motifs is 1. The number of ether oxygens (including phenoxy) is 2. The van der Waals surface area contributed by atoms with Crippen LogP contribution in [0.1, 0.15) is 27.8 Å². The molecule has 2 aromatic rings. The fourth-order valence-corrected chi connectivity index (χ4v) is 2.41. The molecule has 22 heavy (non-hydrogen) atoms. The lowest BCUT2D eigenvalue weighted by Gasteiger charge is -2.24. The van der Waals surface area contributed by atoms with Crippen LogP contribution in [0.15, 0.2) is 24.3 Å². The van der Waals surface area contributed by atoms with E-state index in [9.17, 15) is 4.79 Å². The molecule has 0 N–H and O–H groups in total. The third kappa shape index (κ3) is 2.55. The Morgan fingerprint density at radius 1 is 1.36 bits per heavy atom. The lowest BCUT2D eigenvalue weighted by molar-refractivity contribution is -0.00190. The molecule has 1 aliphatic rings. The summed E-state index contributed by atoms with van der Waals surface area (Å²) in [6, 6.07) is 7.74. The highest BCUT2D eigenvalue weighted by Crippen LogP contribution is 2.28. The minimum atomic E-state index is -0.159. The SMILES string of the molecule is COc1ccc(C2Cn3nnc(C(=O)N(C)C)c3CO2)cc1. The number of hydrogen-bond donors (Lipinski definition) is 0. The van der Waals surface area contributed by atoms with E-state index in [0.717, 1.165) is 17.0 Å². The van der Waals surface area contributed by atoms with Crippen LogP contribution in [-0.2, 0) is 17.9 Å². The van der Waals surface area contributed by atoms with Gasteiger partial charge in [-0.25, -0.2) is 4.68 Å². The topological polar surface area (TPSA) is 69.5 Å². The molecule has 1 aromatic carbocycles. The van der Waals surface area contributed by atoms with Crippen molar-refractivity contribution in [2.24, 2.45) is 0 Å². The molecule has 7 heteroatoms. The Kier molecular flexibility index (Phi) is 3.81. The Bertz CT molecular complexity index is 679. The van der Waals surface area contributed by atoms with Crippen molar-refractivity contribution < 1.29 is 14.3 Å². The van der Waals surface area contributed by atoms with Crippen molar-refractivity contribution in [3.05, 3.63) is 41.2 Å². The molecule has 7 nitrogen and oxygen atoms in total. The summed E-state index contributed by atoms with van der Waals surface area (Å²) in [6.07, 6.45) is -0.109. The van der Waals surface area contributed by atoms with Gasteiger partial charge in [-0.3, -0.25) is 4.79 Å². The number of hydrogen-bond acceptors (Lipinski definition) is 5. The van der Waals surface area contributed by atoms with Crippen LogP contribution >= 0.6 is 0 Å². The third-order valence-corrected chi connectivity index (χ3v) is 3.69. The van der Waals surface area contributed by atoms with E-state index < -0.39 is 0 Å². The number of aromatic nitrogens is 3. The summed E-state index contributed by atoms with van der Waals surface area (Å²) in [6.45, 7) is 0.855. The molecule has 0 bridgehead atoms. The van der Waals surface area contributed by atoms with Gasteiger partial charge in [0.15, 0.2) is 5.69 Å². The third-order valence-electron chi connectivity index (χ3n) is 3.69. The lowest BCUT2D eigenvalue weighted by Crippen LogP contribution is -2.26. The molecule has 1 aromatic heterocycles. The zero-order chi connectivity index (χ0) is 15.7. The van der Waals surface area contributed by atoms with E-state index in [1.165, 1.54) is 4.90 Å². The van der Waals surface area contributed by atoms with Gasteiger partial charge in [0, 0.05) is 14.1 Å². The first-order chi connectivity index (χ1) is 10.6. The number of amides is 1. The Morgan fingerprint density at radius 3 is 2.73 bits per heavy atom. The van der Waals surface area contributed by atoms with Gasteiger partial charge in [0.25, 0.3) is 5.91 Å². The van der Waals surface area contributed by atoms with Crippen LogP contribution in [0.4, 0.5) is 0 Å². The monoisotopic (exact) mass is 302 g/mol. The van der Waals surface area contributed by atoms with Gasteiger partial charge in [0.2, 0.25) is 0 Å². The molecule has 2 heterocycles. The predicted octanol–water partition coefficient (Wildman–Crippen LogP) is 1.26. The van der Waals surface area contributed by atoms with Gasteiger partial charge < -0.3 is 14.4 Å². The lowest BCUT2D eigenvalue weighted by atomic mass is 10.1. The van der Waals surface area contributed by atoms with Crippen molar-refractivity contribution in [2.45, 2.75) is 19.3 Å². The highest BCUT2D eigenvalue weighted by Gasteiger charge is 2.28. The van der Waals surface area contributed by atoms with Gasteiger partial charge in [-0.05, 0) is 17.7 Å². The first-order valence-corrected chi connectivity index (χ1v) is 6.99. The van der Waals surface area contributed by atoms with E-state index >= 15 is 0 Å². The number of methoxy groups -OCH3 is 1. The average molecular weight is 302 g/mol. The van der Waals surface area contributed by atoms with Crippen LogP contribution in [0.25, 0.3) is 0 Å². The summed E-state index contributed by atoms with van der Waals surface area (Å²) < 4.78 is 12.8. The maximum Gasteiger partial charge on any atom is 0.275 e. The van der Waals surface area contributed by atoms with E-state index in [1.54, 1.807) is 25.9 Å². The van der Waals surface area contributed by atoms with Crippen molar-refractivity contribution in [1.82, 2.24) is 19.9 Å². The van der Waals surface area contributed by atoms with E-state index in [-0.39, 0.29) is 12.0 Å². The fraction of sp³-hybridized carbons (Fsp3) is 0.400. The van der Waals surface area contributed by atoms with Crippen LogP contribution in [-0.4, -0.2) is 47.0 Å². The first-order valence-electron chi connectivity index (χ1n) is 6.99. The average Bonchev–Trinajstić information content (AvgIpc) is 2.97. The van der Waals surface area contributed by atoms with Crippen LogP contribution in [0.3, 0.4) is 0 Å². The molecule has 0 saturated heterocycles. The van der Waals surface area contributed by atoms with Gasteiger partial charge in [-0.15, -0.1) is 5.10 Å². The second kappa shape index (κ2) is 5.76. The van der Waals surface area contributed by atoms with Gasteiger partial charge >= 0.3 is 0 Å². The molecule has 0 fully saturated rings. The molecule has 0 aliphatic carbocycles. The van der Waals surface area contributed by atoms with Crippen LogP contribution < -0.4 is 4.74 Å². The van der Waals surface area contributed by atoms with Crippen molar-refractivity contribution in [2.75, 3.05) is 21.2 Å². The number of carbonyl (C=O) groups excluding carboxylic acids is 1. The highest BCUT2D eigenvalue weighted by molar-refractivity contribution is 5.92. The van der Waals surface area contributed by atoms with Crippen LogP contribution in [0.5, 0.6) is 5.75 Å². The van der Waals surface area contributed by atoms with Crippen molar-refractivity contribution in [3.8, 4) is 5.75 Å². The highest BCUT2D eigenvalue weighted by atomic mass is 16.5. The van der Waals surface area contributed by atoms with Crippen molar-refractivity contribution >= 4 is 5.91 Å². The van der Waals surface area contributed by atoms with E-state index in [4.69, 9.17) is 9.47 Å². The Labute approximate surface area is 128 Å². The molecule has 0 radical (unpaired) electrons. The number of carbonyl (C=O) groups is 1. The number of nitrogens with zero attached hydrogens (tertiary/aromatic N) is 4.